The number of thiazole rings is 1. The van der Waals surface area contributed by atoms with Crippen LogP contribution in [0, 0.1) is 5.82 Å². The van der Waals surface area contributed by atoms with E-state index in [4.69, 9.17) is 4.74 Å². The van der Waals surface area contributed by atoms with Crippen molar-refractivity contribution in [3.63, 3.8) is 0 Å². The molecule has 1 atom stereocenters. The molecule has 0 unspecified atom stereocenters. The summed E-state index contributed by atoms with van der Waals surface area (Å²) in [5.74, 6) is -0.324. The van der Waals surface area contributed by atoms with Gasteiger partial charge in [0.1, 0.15) is 6.61 Å². The summed E-state index contributed by atoms with van der Waals surface area (Å²) >= 11 is 1.53. The Hall–Kier alpha value is -1.92. The van der Waals surface area contributed by atoms with Crippen molar-refractivity contribution < 1.29 is 14.2 Å². The third-order valence-corrected chi connectivity index (χ3v) is 3.73. The van der Waals surface area contributed by atoms with Crippen LogP contribution >= 0.6 is 11.3 Å². The number of nitrogens with zero attached hydrogens (tertiary/aromatic N) is 2. The maximum absolute atomic E-state index is 13.8. The minimum atomic E-state index is -0.696. The molecule has 0 saturated heterocycles. The molecule has 0 aliphatic heterocycles. The molecule has 0 radical (unpaired) electrons. The number of rotatable bonds is 4. The maximum Gasteiger partial charge on any atom is 0.193 e. The number of aromatic nitrogens is 2. The Balaban J connectivity index is 1.73. The molecular weight excluding hydrogens is 279 g/mol. The van der Waals surface area contributed by atoms with E-state index in [1.165, 1.54) is 23.5 Å². The first-order valence-corrected chi connectivity index (χ1v) is 7.03. The minimum absolute atomic E-state index is 0.158. The van der Waals surface area contributed by atoms with Crippen molar-refractivity contribution in [3.05, 3.63) is 53.0 Å². The van der Waals surface area contributed by atoms with Crippen molar-refractivity contribution in [2.45, 2.75) is 19.6 Å². The highest BCUT2D eigenvalue weighted by atomic mass is 32.1. The van der Waals surface area contributed by atoms with Gasteiger partial charge in [0.25, 0.3) is 0 Å². The normalized spacial score (nSPS) is 12.8. The zero-order valence-electron chi connectivity index (χ0n) is 10.8. The SMILES string of the molecule is C[C@H](O)c1ccc(OCc2cn3ccsc3n2)c(F)c1. The maximum atomic E-state index is 13.8. The van der Waals surface area contributed by atoms with Gasteiger partial charge in [0.2, 0.25) is 0 Å². The summed E-state index contributed by atoms with van der Waals surface area (Å²) in [6.07, 6.45) is 3.07. The largest absolute Gasteiger partial charge is 0.484 e. The van der Waals surface area contributed by atoms with Gasteiger partial charge in [0, 0.05) is 17.8 Å². The molecule has 1 aromatic carbocycles. The van der Waals surface area contributed by atoms with Gasteiger partial charge in [-0.3, -0.25) is 4.40 Å². The van der Waals surface area contributed by atoms with Crippen LogP contribution in [0.1, 0.15) is 24.3 Å². The Morgan fingerprint density at radius 2 is 2.35 bits per heavy atom. The third kappa shape index (κ3) is 2.52. The van der Waals surface area contributed by atoms with Crippen molar-refractivity contribution in [2.24, 2.45) is 0 Å². The van der Waals surface area contributed by atoms with Gasteiger partial charge in [-0.15, -0.1) is 11.3 Å². The lowest BCUT2D eigenvalue weighted by molar-refractivity contribution is 0.198. The van der Waals surface area contributed by atoms with Crippen LogP contribution in [0.4, 0.5) is 4.39 Å². The Kier molecular flexibility index (Phi) is 3.42. The van der Waals surface area contributed by atoms with Gasteiger partial charge in [0.05, 0.1) is 11.8 Å². The molecule has 0 fully saturated rings. The summed E-state index contributed by atoms with van der Waals surface area (Å²) in [5, 5.41) is 11.3. The van der Waals surface area contributed by atoms with E-state index in [1.807, 2.05) is 22.2 Å². The van der Waals surface area contributed by atoms with Gasteiger partial charge in [-0.25, -0.2) is 9.37 Å². The number of imidazole rings is 1. The van der Waals surface area contributed by atoms with Gasteiger partial charge in [-0.05, 0) is 24.6 Å². The molecule has 0 spiro atoms. The fraction of sp³-hybridized carbons (Fsp3) is 0.214. The molecule has 20 heavy (non-hydrogen) atoms. The van der Waals surface area contributed by atoms with Gasteiger partial charge >= 0.3 is 0 Å². The summed E-state index contributed by atoms with van der Waals surface area (Å²) in [5.41, 5.74) is 1.27. The van der Waals surface area contributed by atoms with Crippen molar-refractivity contribution in [1.29, 1.82) is 0 Å². The lowest BCUT2D eigenvalue weighted by atomic mass is 10.1. The number of fused-ring (bicyclic) bond motifs is 1. The molecule has 104 valence electrons. The quantitative estimate of drug-likeness (QED) is 0.803. The zero-order valence-corrected chi connectivity index (χ0v) is 11.6. The number of halogens is 1. The molecule has 3 aromatic rings. The van der Waals surface area contributed by atoms with Crippen LogP contribution in [0.25, 0.3) is 4.96 Å². The average Bonchev–Trinajstić information content (AvgIpc) is 2.97. The van der Waals surface area contributed by atoms with Crippen LogP contribution < -0.4 is 4.74 Å². The van der Waals surface area contributed by atoms with Crippen LogP contribution in [0.3, 0.4) is 0 Å². The molecule has 2 heterocycles. The molecule has 0 bridgehead atoms. The second-order valence-electron chi connectivity index (χ2n) is 4.48. The molecule has 1 N–H and O–H groups in total. The standard InChI is InChI=1S/C14H13FN2O2S/c1-9(18)10-2-3-13(12(15)6-10)19-8-11-7-17-4-5-20-14(17)16-11/h2-7,9,18H,8H2,1H3/t9-/m0/s1. The highest BCUT2D eigenvalue weighted by Crippen LogP contribution is 2.23. The molecule has 0 saturated carbocycles. The predicted molar refractivity (Wildman–Crippen MR) is 74.4 cm³/mol. The van der Waals surface area contributed by atoms with Crippen LogP contribution in [0.15, 0.2) is 36.0 Å². The molecular formula is C14H13FN2O2S. The van der Waals surface area contributed by atoms with E-state index in [-0.39, 0.29) is 12.4 Å². The molecule has 2 aromatic heterocycles. The summed E-state index contributed by atoms with van der Waals surface area (Å²) < 4.78 is 21.1. The summed E-state index contributed by atoms with van der Waals surface area (Å²) in [6.45, 7) is 1.80. The predicted octanol–water partition coefficient (Wildman–Crippen LogP) is 3.17. The number of aliphatic hydroxyl groups excluding tert-OH is 1. The summed E-state index contributed by atoms with van der Waals surface area (Å²) in [4.78, 5) is 5.24. The van der Waals surface area contributed by atoms with E-state index < -0.39 is 11.9 Å². The van der Waals surface area contributed by atoms with Crippen molar-refractivity contribution in [1.82, 2.24) is 9.38 Å². The van der Waals surface area contributed by atoms with Crippen LogP contribution in [0.2, 0.25) is 0 Å². The lowest BCUT2D eigenvalue weighted by Gasteiger charge is -2.09. The van der Waals surface area contributed by atoms with E-state index >= 15 is 0 Å². The molecule has 6 heteroatoms. The number of ether oxygens (including phenoxy) is 1. The summed E-state index contributed by atoms with van der Waals surface area (Å²) in [7, 11) is 0. The number of hydrogen-bond acceptors (Lipinski definition) is 4. The third-order valence-electron chi connectivity index (χ3n) is 2.96. The summed E-state index contributed by atoms with van der Waals surface area (Å²) in [6, 6.07) is 4.45. The highest BCUT2D eigenvalue weighted by Gasteiger charge is 2.09. The molecule has 0 aliphatic carbocycles. The molecule has 4 nitrogen and oxygen atoms in total. The lowest BCUT2D eigenvalue weighted by Crippen LogP contribution is -1.99. The van der Waals surface area contributed by atoms with Crippen molar-refractivity contribution >= 4 is 16.3 Å². The highest BCUT2D eigenvalue weighted by molar-refractivity contribution is 7.15. The van der Waals surface area contributed by atoms with Crippen molar-refractivity contribution in [2.75, 3.05) is 0 Å². The first kappa shape index (κ1) is 13.1. The Labute approximate surface area is 119 Å². The first-order valence-electron chi connectivity index (χ1n) is 6.15. The Morgan fingerprint density at radius 1 is 1.50 bits per heavy atom. The molecule has 3 rings (SSSR count). The van der Waals surface area contributed by atoms with Crippen LogP contribution in [-0.4, -0.2) is 14.5 Å². The second kappa shape index (κ2) is 5.22. The Bertz CT molecular complexity index is 707. The van der Waals surface area contributed by atoms with E-state index in [0.717, 1.165) is 10.7 Å². The van der Waals surface area contributed by atoms with E-state index in [1.54, 1.807) is 13.0 Å². The molecule has 0 aliphatic rings. The van der Waals surface area contributed by atoms with Gasteiger partial charge in [0.15, 0.2) is 16.5 Å². The van der Waals surface area contributed by atoms with Crippen LogP contribution in [0.5, 0.6) is 5.75 Å². The first-order chi connectivity index (χ1) is 9.63. The van der Waals surface area contributed by atoms with Gasteiger partial charge in [-0.2, -0.15) is 0 Å². The topological polar surface area (TPSA) is 46.8 Å². The van der Waals surface area contributed by atoms with E-state index in [9.17, 15) is 9.50 Å². The zero-order chi connectivity index (χ0) is 14.1. The number of benzene rings is 1. The van der Waals surface area contributed by atoms with Crippen molar-refractivity contribution in [3.8, 4) is 5.75 Å². The smallest absolute Gasteiger partial charge is 0.193 e. The average molecular weight is 292 g/mol. The second-order valence-corrected chi connectivity index (χ2v) is 5.35. The fourth-order valence-corrected chi connectivity index (χ4v) is 2.61. The van der Waals surface area contributed by atoms with Crippen LogP contribution in [-0.2, 0) is 6.61 Å². The minimum Gasteiger partial charge on any atom is -0.484 e. The monoisotopic (exact) mass is 292 g/mol. The van der Waals surface area contributed by atoms with E-state index in [0.29, 0.717) is 5.56 Å². The number of aliphatic hydroxyl groups is 1. The number of hydrogen-bond donors (Lipinski definition) is 1. The Morgan fingerprint density at radius 3 is 3.05 bits per heavy atom. The van der Waals surface area contributed by atoms with Gasteiger partial charge < -0.3 is 9.84 Å². The van der Waals surface area contributed by atoms with Gasteiger partial charge in [-0.1, -0.05) is 6.07 Å². The molecule has 0 amide bonds. The van der Waals surface area contributed by atoms with E-state index in [2.05, 4.69) is 4.98 Å². The fourth-order valence-electron chi connectivity index (χ4n) is 1.89.